The number of benzene rings is 1. The van der Waals surface area contributed by atoms with Gasteiger partial charge in [0.1, 0.15) is 5.82 Å². The van der Waals surface area contributed by atoms with Crippen molar-refractivity contribution in [2.24, 2.45) is 5.92 Å². The molecule has 1 atom stereocenters. The van der Waals surface area contributed by atoms with E-state index in [0.717, 1.165) is 12.1 Å². The molecule has 0 aliphatic rings. The Kier molecular flexibility index (Phi) is 4.19. The summed E-state index contributed by atoms with van der Waals surface area (Å²) in [4.78, 5) is 20.8. The van der Waals surface area contributed by atoms with Crippen molar-refractivity contribution < 1.29 is 24.0 Å². The van der Waals surface area contributed by atoms with Crippen molar-refractivity contribution >= 4 is 11.7 Å². The molecule has 18 heavy (non-hydrogen) atoms. The number of carbonyl (C=O) groups is 1. The molecule has 6 nitrogen and oxygen atoms in total. The lowest BCUT2D eigenvalue weighted by Crippen LogP contribution is -2.32. The van der Waals surface area contributed by atoms with Gasteiger partial charge in [0.25, 0.3) is 0 Å². The van der Waals surface area contributed by atoms with Gasteiger partial charge in [-0.25, -0.2) is 9.18 Å². The van der Waals surface area contributed by atoms with Crippen molar-refractivity contribution in [1.82, 2.24) is 0 Å². The maximum atomic E-state index is 12.9. The van der Waals surface area contributed by atoms with Crippen LogP contribution in [0.1, 0.15) is 13.8 Å². The van der Waals surface area contributed by atoms with Gasteiger partial charge in [0.05, 0.1) is 11.0 Å². The average Bonchev–Trinajstić information content (AvgIpc) is 2.25. The van der Waals surface area contributed by atoms with Gasteiger partial charge < -0.3 is 9.84 Å². The van der Waals surface area contributed by atoms with Crippen LogP contribution in [0.25, 0.3) is 0 Å². The Morgan fingerprint density at radius 3 is 2.56 bits per heavy atom. The van der Waals surface area contributed by atoms with Crippen LogP contribution in [0.3, 0.4) is 0 Å². The SMILES string of the molecule is CC(C)C(Oc1ccc(F)cc1[N+](=O)[O-])C(=O)O. The fraction of sp³-hybridized carbons (Fsp3) is 0.364. The smallest absolute Gasteiger partial charge is 0.345 e. The number of ether oxygens (including phenoxy) is 1. The number of aliphatic carboxylic acids is 1. The molecule has 1 aromatic carbocycles. The highest BCUT2D eigenvalue weighted by atomic mass is 19.1. The van der Waals surface area contributed by atoms with E-state index in [1.54, 1.807) is 13.8 Å². The van der Waals surface area contributed by atoms with Crippen LogP contribution in [0, 0.1) is 21.8 Å². The summed E-state index contributed by atoms with van der Waals surface area (Å²) in [6.07, 6.45) is -1.23. The van der Waals surface area contributed by atoms with E-state index in [1.807, 2.05) is 0 Å². The molecular weight excluding hydrogens is 245 g/mol. The molecular formula is C11H12FNO5. The highest BCUT2D eigenvalue weighted by molar-refractivity contribution is 5.73. The van der Waals surface area contributed by atoms with Crippen molar-refractivity contribution in [3.63, 3.8) is 0 Å². The summed E-state index contributed by atoms with van der Waals surface area (Å²) in [7, 11) is 0. The molecule has 0 amide bonds. The first-order valence-corrected chi connectivity index (χ1v) is 5.16. The molecule has 1 rings (SSSR count). The fourth-order valence-corrected chi connectivity index (χ4v) is 1.34. The number of halogens is 1. The van der Waals surface area contributed by atoms with Crippen LogP contribution >= 0.6 is 0 Å². The van der Waals surface area contributed by atoms with E-state index in [1.165, 1.54) is 0 Å². The number of carboxylic acids is 1. The van der Waals surface area contributed by atoms with Crippen LogP contribution < -0.4 is 4.74 Å². The van der Waals surface area contributed by atoms with E-state index >= 15 is 0 Å². The van der Waals surface area contributed by atoms with Crippen LogP contribution in [-0.2, 0) is 4.79 Å². The number of hydrogen-bond donors (Lipinski definition) is 1. The summed E-state index contributed by atoms with van der Waals surface area (Å²) in [6.45, 7) is 3.21. The minimum absolute atomic E-state index is 0.262. The number of nitro groups is 1. The Balaban J connectivity index is 3.10. The molecule has 98 valence electrons. The molecule has 0 radical (unpaired) electrons. The zero-order valence-electron chi connectivity index (χ0n) is 9.79. The summed E-state index contributed by atoms with van der Waals surface area (Å²) in [6, 6.07) is 2.71. The van der Waals surface area contributed by atoms with Crippen LogP contribution in [0.5, 0.6) is 5.75 Å². The third-order valence-electron chi connectivity index (χ3n) is 2.22. The van der Waals surface area contributed by atoms with Crippen molar-refractivity contribution in [1.29, 1.82) is 0 Å². The Labute approximate surface area is 102 Å². The first kappa shape index (κ1) is 13.9. The van der Waals surface area contributed by atoms with E-state index in [9.17, 15) is 19.3 Å². The first-order chi connectivity index (χ1) is 8.32. The average molecular weight is 257 g/mol. The second kappa shape index (κ2) is 5.44. The normalized spacial score (nSPS) is 12.2. The molecule has 0 spiro atoms. The Morgan fingerprint density at radius 1 is 1.50 bits per heavy atom. The molecule has 1 aromatic rings. The van der Waals surface area contributed by atoms with E-state index in [0.29, 0.717) is 6.07 Å². The first-order valence-electron chi connectivity index (χ1n) is 5.16. The maximum Gasteiger partial charge on any atom is 0.345 e. The van der Waals surface area contributed by atoms with Crippen LogP contribution in [-0.4, -0.2) is 22.1 Å². The van der Waals surface area contributed by atoms with Crippen LogP contribution in [0.2, 0.25) is 0 Å². The second-order valence-electron chi connectivity index (χ2n) is 3.99. The Bertz CT molecular complexity index is 475. The van der Waals surface area contributed by atoms with E-state index in [-0.39, 0.29) is 11.7 Å². The molecule has 0 aliphatic carbocycles. The quantitative estimate of drug-likeness (QED) is 0.645. The van der Waals surface area contributed by atoms with Gasteiger partial charge in [0.15, 0.2) is 11.9 Å². The topological polar surface area (TPSA) is 89.7 Å². The third-order valence-corrected chi connectivity index (χ3v) is 2.22. The van der Waals surface area contributed by atoms with Gasteiger partial charge in [-0.15, -0.1) is 0 Å². The summed E-state index contributed by atoms with van der Waals surface area (Å²) >= 11 is 0. The third kappa shape index (κ3) is 3.16. The van der Waals surface area contributed by atoms with Crippen molar-refractivity contribution in [3.8, 4) is 5.75 Å². The van der Waals surface area contributed by atoms with Gasteiger partial charge in [-0.2, -0.15) is 0 Å². The Morgan fingerprint density at radius 2 is 2.11 bits per heavy atom. The fourth-order valence-electron chi connectivity index (χ4n) is 1.34. The number of nitrogens with zero attached hydrogens (tertiary/aromatic N) is 1. The molecule has 7 heteroatoms. The van der Waals surface area contributed by atoms with E-state index in [4.69, 9.17) is 9.84 Å². The summed E-state index contributed by atoms with van der Waals surface area (Å²) in [5.74, 6) is -2.66. The number of nitro benzene ring substituents is 1. The molecule has 0 saturated carbocycles. The molecule has 0 heterocycles. The molecule has 0 saturated heterocycles. The molecule has 0 fully saturated rings. The van der Waals surface area contributed by atoms with E-state index < -0.39 is 28.5 Å². The summed E-state index contributed by atoms with van der Waals surface area (Å²) in [5.41, 5.74) is -0.595. The highest BCUT2D eigenvalue weighted by Crippen LogP contribution is 2.29. The predicted octanol–water partition coefficient (Wildman–Crippen LogP) is 2.22. The molecule has 1 N–H and O–H groups in total. The predicted molar refractivity (Wildman–Crippen MR) is 59.9 cm³/mol. The lowest BCUT2D eigenvalue weighted by Gasteiger charge is -2.18. The van der Waals surface area contributed by atoms with Crippen molar-refractivity contribution in [2.45, 2.75) is 20.0 Å². The standard InChI is InChI=1S/C11H12FNO5/c1-6(2)10(11(14)15)18-9-4-3-7(12)5-8(9)13(16)17/h3-6,10H,1-2H3,(H,14,15). The second-order valence-corrected chi connectivity index (χ2v) is 3.99. The van der Waals surface area contributed by atoms with Crippen LogP contribution in [0.15, 0.2) is 18.2 Å². The summed E-state index contributed by atoms with van der Waals surface area (Å²) < 4.78 is 18.0. The maximum absolute atomic E-state index is 12.9. The van der Waals surface area contributed by atoms with Gasteiger partial charge in [0, 0.05) is 5.92 Å². The Hall–Kier alpha value is -2.18. The highest BCUT2D eigenvalue weighted by Gasteiger charge is 2.27. The molecule has 0 bridgehead atoms. The number of carboxylic acid groups (broad SMARTS) is 1. The molecule has 1 unspecified atom stereocenters. The zero-order valence-corrected chi connectivity index (χ0v) is 9.79. The van der Waals surface area contributed by atoms with Crippen LogP contribution in [0.4, 0.5) is 10.1 Å². The van der Waals surface area contributed by atoms with Gasteiger partial charge >= 0.3 is 11.7 Å². The van der Waals surface area contributed by atoms with Gasteiger partial charge in [0.2, 0.25) is 0 Å². The minimum atomic E-state index is -1.23. The number of rotatable bonds is 5. The van der Waals surface area contributed by atoms with Crippen molar-refractivity contribution in [2.75, 3.05) is 0 Å². The van der Waals surface area contributed by atoms with E-state index in [2.05, 4.69) is 0 Å². The monoisotopic (exact) mass is 257 g/mol. The molecule has 0 aliphatic heterocycles. The lowest BCUT2D eigenvalue weighted by molar-refractivity contribution is -0.386. The minimum Gasteiger partial charge on any atom is -0.478 e. The van der Waals surface area contributed by atoms with Gasteiger partial charge in [-0.1, -0.05) is 13.8 Å². The van der Waals surface area contributed by atoms with Gasteiger partial charge in [-0.05, 0) is 12.1 Å². The summed E-state index contributed by atoms with van der Waals surface area (Å²) in [5, 5.41) is 19.6. The zero-order chi connectivity index (χ0) is 13.9. The van der Waals surface area contributed by atoms with Gasteiger partial charge in [-0.3, -0.25) is 10.1 Å². The number of hydrogen-bond acceptors (Lipinski definition) is 4. The largest absolute Gasteiger partial charge is 0.478 e. The molecule has 0 aromatic heterocycles. The lowest BCUT2D eigenvalue weighted by atomic mass is 10.1. The van der Waals surface area contributed by atoms with Crippen molar-refractivity contribution in [3.05, 3.63) is 34.1 Å².